The largest absolute Gasteiger partial charge is 0.458 e. The molecule has 1 aromatic rings. The maximum Gasteiger partial charge on any atom is 0.409 e. The Kier molecular flexibility index (Phi) is 11.3. The number of anilines is 2. The molecule has 1 N–H and O–H groups in total. The summed E-state index contributed by atoms with van der Waals surface area (Å²) in [6, 6.07) is 8.77. The van der Waals surface area contributed by atoms with Crippen LogP contribution >= 0.6 is 11.8 Å². The summed E-state index contributed by atoms with van der Waals surface area (Å²) in [6.07, 6.45) is 4.18. The van der Waals surface area contributed by atoms with Gasteiger partial charge in [-0.25, -0.2) is 9.59 Å². The van der Waals surface area contributed by atoms with E-state index in [2.05, 4.69) is 34.7 Å². The van der Waals surface area contributed by atoms with Crippen molar-refractivity contribution in [2.45, 2.75) is 71.0 Å². The minimum Gasteiger partial charge on any atom is -0.458 e. The van der Waals surface area contributed by atoms with E-state index in [4.69, 9.17) is 14.2 Å². The van der Waals surface area contributed by atoms with Gasteiger partial charge < -0.3 is 29.3 Å². The number of carbonyl (C=O) groups is 2. The van der Waals surface area contributed by atoms with Crippen LogP contribution in [-0.2, 0) is 19.0 Å². The SMILES string of the molecule is CC.CSC1Nc2ccccc2N1C1CCN(C(=O)OCCCOCC(=O)OC(C)(C)C)CC1. The van der Waals surface area contributed by atoms with Gasteiger partial charge in [-0.2, -0.15) is 0 Å². The number of thioether (sulfide) groups is 1. The van der Waals surface area contributed by atoms with Gasteiger partial charge >= 0.3 is 12.1 Å². The lowest BCUT2D eigenvalue weighted by atomic mass is 10.0. The first-order chi connectivity index (χ1) is 16.3. The van der Waals surface area contributed by atoms with Gasteiger partial charge in [-0.1, -0.05) is 26.0 Å². The monoisotopic (exact) mass is 495 g/mol. The van der Waals surface area contributed by atoms with Gasteiger partial charge in [0.05, 0.1) is 24.6 Å². The highest BCUT2D eigenvalue weighted by Gasteiger charge is 2.36. The number of para-hydroxylation sites is 2. The Bertz CT molecular complexity index is 778. The van der Waals surface area contributed by atoms with Crippen molar-refractivity contribution in [1.82, 2.24) is 4.90 Å². The quantitative estimate of drug-likeness (QED) is 0.401. The lowest BCUT2D eigenvalue weighted by Crippen LogP contribution is -2.49. The molecule has 2 aliphatic rings. The number of fused-ring (bicyclic) bond motifs is 1. The van der Waals surface area contributed by atoms with E-state index in [-0.39, 0.29) is 24.8 Å². The molecule has 2 aliphatic heterocycles. The van der Waals surface area contributed by atoms with Crippen molar-refractivity contribution in [2.24, 2.45) is 0 Å². The Labute approximate surface area is 208 Å². The van der Waals surface area contributed by atoms with Crippen molar-refractivity contribution in [1.29, 1.82) is 0 Å². The maximum absolute atomic E-state index is 12.4. The molecule has 1 atom stereocenters. The van der Waals surface area contributed by atoms with E-state index in [1.165, 1.54) is 11.4 Å². The van der Waals surface area contributed by atoms with Gasteiger partial charge in [0.2, 0.25) is 0 Å². The fourth-order valence-corrected chi connectivity index (χ4v) is 4.73. The molecule has 0 aliphatic carbocycles. The zero-order valence-electron chi connectivity index (χ0n) is 21.5. The average Bonchev–Trinajstić information content (AvgIpc) is 3.20. The molecule has 0 bridgehead atoms. The molecular weight excluding hydrogens is 454 g/mol. The number of hydrogen-bond donors (Lipinski definition) is 1. The summed E-state index contributed by atoms with van der Waals surface area (Å²) in [6.45, 7) is 11.3. The highest BCUT2D eigenvalue weighted by molar-refractivity contribution is 7.99. The highest BCUT2D eigenvalue weighted by Crippen LogP contribution is 2.40. The number of ether oxygens (including phenoxy) is 3. The van der Waals surface area contributed by atoms with E-state index in [1.807, 2.05) is 40.7 Å². The fraction of sp³-hybridized carbons (Fsp3) is 0.680. The van der Waals surface area contributed by atoms with E-state index >= 15 is 0 Å². The molecule has 1 unspecified atom stereocenters. The van der Waals surface area contributed by atoms with Crippen molar-refractivity contribution in [3.05, 3.63) is 24.3 Å². The van der Waals surface area contributed by atoms with Gasteiger partial charge in [-0.05, 0) is 52.0 Å². The Morgan fingerprint density at radius 2 is 1.79 bits per heavy atom. The van der Waals surface area contributed by atoms with Crippen LogP contribution in [0.4, 0.5) is 16.2 Å². The van der Waals surface area contributed by atoms with Crippen molar-refractivity contribution in [3.63, 3.8) is 0 Å². The molecule has 2 heterocycles. The average molecular weight is 496 g/mol. The molecule has 1 aromatic carbocycles. The van der Waals surface area contributed by atoms with E-state index in [0.717, 1.165) is 12.8 Å². The van der Waals surface area contributed by atoms with Crippen molar-refractivity contribution in [2.75, 3.05) is 49.4 Å². The van der Waals surface area contributed by atoms with Gasteiger partial charge in [0, 0.05) is 25.6 Å². The van der Waals surface area contributed by atoms with Crippen molar-refractivity contribution >= 4 is 35.2 Å². The van der Waals surface area contributed by atoms with Crippen LogP contribution in [-0.4, -0.2) is 73.3 Å². The van der Waals surface area contributed by atoms with E-state index in [9.17, 15) is 9.59 Å². The van der Waals surface area contributed by atoms with E-state index < -0.39 is 11.6 Å². The summed E-state index contributed by atoms with van der Waals surface area (Å²) < 4.78 is 15.9. The summed E-state index contributed by atoms with van der Waals surface area (Å²) >= 11 is 1.79. The first-order valence-corrected chi connectivity index (χ1v) is 13.5. The number of nitrogens with one attached hydrogen (secondary N) is 1. The molecule has 1 fully saturated rings. The molecule has 9 heteroatoms. The number of nitrogens with zero attached hydrogens (tertiary/aromatic N) is 2. The second kappa shape index (κ2) is 13.7. The molecule has 3 rings (SSSR count). The zero-order valence-corrected chi connectivity index (χ0v) is 22.3. The van der Waals surface area contributed by atoms with Crippen LogP contribution < -0.4 is 10.2 Å². The van der Waals surface area contributed by atoms with Crippen LogP contribution in [0, 0.1) is 0 Å². The molecular formula is C25H41N3O5S. The van der Waals surface area contributed by atoms with Crippen LogP contribution in [0.25, 0.3) is 0 Å². The first-order valence-electron chi connectivity index (χ1n) is 12.2. The third-order valence-corrected chi connectivity index (χ3v) is 6.14. The van der Waals surface area contributed by atoms with Gasteiger partial charge in [0.15, 0.2) is 0 Å². The molecule has 192 valence electrons. The Balaban J connectivity index is 0.00000199. The molecule has 0 aromatic heterocycles. The second-order valence-corrected chi connectivity index (χ2v) is 9.90. The summed E-state index contributed by atoms with van der Waals surface area (Å²) in [5.74, 6) is -0.392. The minimum atomic E-state index is -0.519. The second-order valence-electron chi connectivity index (χ2n) is 8.98. The van der Waals surface area contributed by atoms with Gasteiger partial charge in [-0.3, -0.25) is 0 Å². The molecule has 1 saturated heterocycles. The van der Waals surface area contributed by atoms with Crippen molar-refractivity contribution < 1.29 is 23.8 Å². The van der Waals surface area contributed by atoms with Gasteiger partial charge in [0.25, 0.3) is 0 Å². The van der Waals surface area contributed by atoms with Gasteiger partial charge in [-0.15, -0.1) is 11.8 Å². The van der Waals surface area contributed by atoms with Crippen LogP contribution in [0.3, 0.4) is 0 Å². The van der Waals surface area contributed by atoms with Crippen LogP contribution in [0.5, 0.6) is 0 Å². The fourth-order valence-electron chi connectivity index (χ4n) is 3.98. The first kappa shape index (κ1) is 28.1. The van der Waals surface area contributed by atoms with Crippen LogP contribution in [0.15, 0.2) is 24.3 Å². The lowest BCUT2D eigenvalue weighted by Gasteiger charge is -2.39. The number of likely N-dealkylation sites (tertiary alicyclic amines) is 1. The number of benzene rings is 1. The number of amides is 1. The standard InChI is InChI=1S/C23H35N3O5S.C2H6/c1-23(2,3)31-20(27)16-29-14-7-15-30-22(28)25-12-10-17(11-13-25)26-19-9-6-5-8-18(19)24-21(26)32-4;1-2/h5-6,8-9,17,21,24H,7,10-16H2,1-4H3;1-2H3. The smallest absolute Gasteiger partial charge is 0.409 e. The van der Waals surface area contributed by atoms with Crippen LogP contribution in [0.1, 0.15) is 53.9 Å². The van der Waals surface area contributed by atoms with Gasteiger partial charge in [0.1, 0.15) is 17.7 Å². The molecule has 0 saturated carbocycles. The summed E-state index contributed by atoms with van der Waals surface area (Å²) in [7, 11) is 0. The Hall–Kier alpha value is -2.13. The molecule has 8 nitrogen and oxygen atoms in total. The predicted molar refractivity (Wildman–Crippen MR) is 138 cm³/mol. The molecule has 0 radical (unpaired) electrons. The topological polar surface area (TPSA) is 80.3 Å². The number of piperidine rings is 1. The normalized spacial score (nSPS) is 17.9. The minimum absolute atomic E-state index is 0.0930. The lowest BCUT2D eigenvalue weighted by molar-refractivity contribution is -0.160. The Morgan fingerprint density at radius 1 is 1.12 bits per heavy atom. The van der Waals surface area contributed by atoms with E-state index in [0.29, 0.717) is 32.2 Å². The number of rotatable bonds is 8. The third-order valence-electron chi connectivity index (χ3n) is 5.35. The molecule has 34 heavy (non-hydrogen) atoms. The summed E-state index contributed by atoms with van der Waals surface area (Å²) in [5, 5.41) is 3.57. The maximum atomic E-state index is 12.4. The molecule has 1 amide bonds. The third kappa shape index (κ3) is 8.27. The highest BCUT2D eigenvalue weighted by atomic mass is 32.2. The number of esters is 1. The number of carbonyl (C=O) groups excluding carboxylic acids is 2. The summed E-state index contributed by atoms with van der Waals surface area (Å²) in [5.41, 5.74) is 2.10. The Morgan fingerprint density at radius 3 is 2.44 bits per heavy atom. The van der Waals surface area contributed by atoms with E-state index in [1.54, 1.807) is 16.7 Å². The predicted octanol–water partition coefficient (Wildman–Crippen LogP) is 4.94. The number of hydrogen-bond acceptors (Lipinski definition) is 8. The summed E-state index contributed by atoms with van der Waals surface area (Å²) in [4.78, 5) is 28.2. The molecule has 0 spiro atoms. The van der Waals surface area contributed by atoms with Crippen LogP contribution in [0.2, 0.25) is 0 Å². The zero-order chi connectivity index (χ0) is 25.1. The van der Waals surface area contributed by atoms with Crippen molar-refractivity contribution in [3.8, 4) is 0 Å².